The van der Waals surface area contributed by atoms with Crippen LogP contribution in [0.25, 0.3) is 6.08 Å². The highest BCUT2D eigenvalue weighted by Crippen LogP contribution is 2.32. The molecule has 0 aliphatic carbocycles. The number of hydrogen-bond acceptors (Lipinski definition) is 9. The van der Waals surface area contributed by atoms with Gasteiger partial charge >= 0.3 is 0 Å². The molecule has 138 valence electrons. The molecule has 4 N–H and O–H groups in total. The summed E-state index contributed by atoms with van der Waals surface area (Å²) in [6.07, 6.45) is -5.04. The van der Waals surface area contributed by atoms with E-state index in [1.54, 1.807) is 0 Å². The number of methoxy groups -OCH3 is 1. The lowest BCUT2D eigenvalue weighted by Gasteiger charge is -2.39. The molecule has 0 radical (unpaired) electrons. The van der Waals surface area contributed by atoms with Crippen molar-refractivity contribution in [3.05, 3.63) is 40.1 Å². The van der Waals surface area contributed by atoms with E-state index in [-0.39, 0.29) is 11.5 Å². The zero-order valence-electron chi connectivity index (χ0n) is 13.3. The molecule has 2 rings (SSSR count). The van der Waals surface area contributed by atoms with E-state index in [1.165, 1.54) is 31.4 Å². The first-order chi connectivity index (χ1) is 11.9. The van der Waals surface area contributed by atoms with Crippen LogP contribution in [0, 0.1) is 10.1 Å². The van der Waals surface area contributed by atoms with Crippen LogP contribution in [0.1, 0.15) is 5.56 Å². The monoisotopic (exact) mass is 357 g/mol. The number of nitro groups is 1. The van der Waals surface area contributed by atoms with Crippen molar-refractivity contribution in [2.75, 3.05) is 13.7 Å². The molecule has 0 spiro atoms. The minimum Gasteiger partial charge on any atom is -0.493 e. The van der Waals surface area contributed by atoms with Crippen molar-refractivity contribution < 1.29 is 39.6 Å². The number of benzene rings is 1. The normalized spacial score (nSPS) is 29.6. The van der Waals surface area contributed by atoms with Gasteiger partial charge in [0.1, 0.15) is 24.4 Å². The lowest BCUT2D eigenvalue weighted by molar-refractivity contribution is -0.400. The highest BCUT2D eigenvalue weighted by Gasteiger charge is 2.44. The molecule has 1 saturated heterocycles. The first-order valence-corrected chi connectivity index (χ1v) is 7.34. The molecule has 1 unspecified atom stereocenters. The molecule has 10 nitrogen and oxygen atoms in total. The average Bonchev–Trinajstić information content (AvgIpc) is 2.60. The van der Waals surface area contributed by atoms with Gasteiger partial charge in [-0.3, -0.25) is 10.1 Å². The fourth-order valence-electron chi connectivity index (χ4n) is 2.32. The Hall–Kier alpha value is -2.24. The largest absolute Gasteiger partial charge is 0.493 e. The minimum atomic E-state index is -1.57. The Kier molecular flexibility index (Phi) is 6.28. The van der Waals surface area contributed by atoms with E-state index >= 15 is 0 Å². The van der Waals surface area contributed by atoms with Crippen LogP contribution in [-0.2, 0) is 4.74 Å². The van der Waals surface area contributed by atoms with Crippen LogP contribution >= 0.6 is 0 Å². The second-order valence-electron chi connectivity index (χ2n) is 5.33. The number of nitrogens with zero attached hydrogens (tertiary/aromatic N) is 1. The van der Waals surface area contributed by atoms with Crippen LogP contribution in [0.3, 0.4) is 0 Å². The van der Waals surface area contributed by atoms with Gasteiger partial charge in [-0.1, -0.05) is 6.07 Å². The average molecular weight is 357 g/mol. The van der Waals surface area contributed by atoms with Gasteiger partial charge in [0.15, 0.2) is 11.5 Å². The second-order valence-corrected chi connectivity index (χ2v) is 5.33. The minimum absolute atomic E-state index is 0.144. The third-order valence-electron chi connectivity index (χ3n) is 3.67. The number of aliphatic hydroxyl groups is 4. The van der Waals surface area contributed by atoms with Crippen LogP contribution in [0.4, 0.5) is 0 Å². The maximum absolute atomic E-state index is 10.4. The Balaban J connectivity index is 2.19. The molecule has 10 heteroatoms. The maximum Gasteiger partial charge on any atom is 0.235 e. The Morgan fingerprint density at radius 1 is 1.24 bits per heavy atom. The van der Waals surface area contributed by atoms with Crippen LogP contribution < -0.4 is 9.47 Å². The van der Waals surface area contributed by atoms with Crippen molar-refractivity contribution in [3.63, 3.8) is 0 Å². The Bertz CT molecular complexity index is 633. The van der Waals surface area contributed by atoms with Crippen LogP contribution in [0.2, 0.25) is 0 Å². The highest BCUT2D eigenvalue weighted by atomic mass is 16.7. The van der Waals surface area contributed by atoms with Crippen molar-refractivity contribution in [2.45, 2.75) is 30.7 Å². The number of aliphatic hydroxyl groups excluding tert-OH is 4. The van der Waals surface area contributed by atoms with Crippen molar-refractivity contribution in [1.82, 2.24) is 0 Å². The van der Waals surface area contributed by atoms with Gasteiger partial charge in [0.25, 0.3) is 0 Å². The van der Waals surface area contributed by atoms with E-state index in [4.69, 9.17) is 19.3 Å². The van der Waals surface area contributed by atoms with E-state index in [0.717, 1.165) is 6.20 Å². The van der Waals surface area contributed by atoms with Gasteiger partial charge in [0.2, 0.25) is 12.5 Å². The topological polar surface area (TPSA) is 152 Å². The summed E-state index contributed by atoms with van der Waals surface area (Å²) in [4.78, 5) is 9.76. The van der Waals surface area contributed by atoms with Crippen molar-refractivity contribution in [3.8, 4) is 11.5 Å². The van der Waals surface area contributed by atoms with E-state index in [0.29, 0.717) is 5.56 Å². The van der Waals surface area contributed by atoms with Gasteiger partial charge in [0, 0.05) is 6.08 Å². The standard InChI is InChI=1S/C15H19NO9/c1-23-10-6-8(4-5-16(21)22)2-3-9(10)24-15-14(20)13(19)12(18)11(7-17)25-15/h2-6,11-15,17-20H,7H2,1H3/t11-,12+,13+,14-,15?/m1/s1. The molecule has 25 heavy (non-hydrogen) atoms. The molecule has 0 bridgehead atoms. The molecule has 1 aromatic carbocycles. The fourth-order valence-corrected chi connectivity index (χ4v) is 2.32. The predicted octanol–water partition coefficient (Wildman–Crippen LogP) is -0.879. The predicted molar refractivity (Wildman–Crippen MR) is 83.4 cm³/mol. The molecule has 1 aliphatic rings. The summed E-state index contributed by atoms with van der Waals surface area (Å²) in [5.41, 5.74) is 0.481. The zero-order chi connectivity index (χ0) is 18.6. The summed E-state index contributed by atoms with van der Waals surface area (Å²) in [5, 5.41) is 49.0. The van der Waals surface area contributed by atoms with Crippen molar-refractivity contribution in [2.24, 2.45) is 0 Å². The summed E-state index contributed by atoms with van der Waals surface area (Å²) in [6.45, 7) is -0.577. The van der Waals surface area contributed by atoms with E-state index in [1.807, 2.05) is 0 Å². The summed E-state index contributed by atoms with van der Waals surface area (Å²) in [5.74, 6) is 0.354. The molecule has 5 atom stereocenters. The first-order valence-electron chi connectivity index (χ1n) is 7.34. The Morgan fingerprint density at radius 2 is 1.96 bits per heavy atom. The number of rotatable bonds is 6. The van der Waals surface area contributed by atoms with Crippen molar-refractivity contribution in [1.29, 1.82) is 0 Å². The van der Waals surface area contributed by atoms with Gasteiger partial charge in [-0.25, -0.2) is 0 Å². The zero-order valence-corrected chi connectivity index (χ0v) is 13.3. The van der Waals surface area contributed by atoms with Gasteiger partial charge in [0.05, 0.1) is 18.6 Å². The molecule has 0 saturated carbocycles. The maximum atomic E-state index is 10.4. The van der Waals surface area contributed by atoms with Crippen LogP contribution in [0.5, 0.6) is 11.5 Å². The lowest BCUT2D eigenvalue weighted by atomic mass is 9.99. The van der Waals surface area contributed by atoms with Gasteiger partial charge < -0.3 is 34.6 Å². The summed E-state index contributed by atoms with van der Waals surface area (Å²) < 4.78 is 15.9. The van der Waals surface area contributed by atoms with E-state index < -0.39 is 42.2 Å². The van der Waals surface area contributed by atoms with Gasteiger partial charge in [-0.2, -0.15) is 0 Å². The second kappa shape index (κ2) is 8.23. The summed E-state index contributed by atoms with van der Waals surface area (Å²) in [7, 11) is 1.36. The van der Waals surface area contributed by atoms with Gasteiger partial charge in [-0.05, 0) is 17.7 Å². The number of hydrogen-bond donors (Lipinski definition) is 4. The Morgan fingerprint density at radius 3 is 2.56 bits per heavy atom. The molecule has 1 aromatic rings. The van der Waals surface area contributed by atoms with Gasteiger partial charge in [-0.15, -0.1) is 0 Å². The smallest absolute Gasteiger partial charge is 0.235 e. The molecule has 1 aliphatic heterocycles. The molecule has 0 amide bonds. The van der Waals surface area contributed by atoms with E-state index in [9.17, 15) is 25.4 Å². The highest BCUT2D eigenvalue weighted by molar-refractivity contribution is 5.55. The quantitative estimate of drug-likeness (QED) is 0.376. The summed E-state index contributed by atoms with van der Waals surface area (Å²) in [6, 6.07) is 4.43. The Labute approximate surface area is 142 Å². The van der Waals surface area contributed by atoms with Crippen LogP contribution in [0.15, 0.2) is 24.4 Å². The molecular weight excluding hydrogens is 338 g/mol. The molecule has 1 fully saturated rings. The SMILES string of the molecule is COc1cc(C=C[N+](=O)[O-])ccc1OC1O[C@H](CO)[C@H](O)[C@H](O)[C@H]1O. The van der Waals surface area contributed by atoms with E-state index in [2.05, 4.69) is 0 Å². The fraction of sp³-hybridized carbons (Fsp3) is 0.467. The molecule has 0 aromatic heterocycles. The third kappa shape index (κ3) is 4.44. The summed E-state index contributed by atoms with van der Waals surface area (Å²) >= 11 is 0. The third-order valence-corrected chi connectivity index (χ3v) is 3.67. The lowest BCUT2D eigenvalue weighted by Crippen LogP contribution is -2.60. The number of ether oxygens (including phenoxy) is 3. The molecular formula is C15H19NO9. The first kappa shape index (κ1) is 19.1. The molecule has 1 heterocycles. The van der Waals surface area contributed by atoms with Crippen molar-refractivity contribution >= 4 is 6.08 Å². The van der Waals surface area contributed by atoms with Crippen LogP contribution in [-0.4, -0.2) is 69.8 Å².